The minimum Gasteiger partial charge on any atom is -0.352 e. The molecular formula is C19H20N2O2. The molecule has 2 amide bonds. The van der Waals surface area contributed by atoms with E-state index >= 15 is 0 Å². The van der Waals surface area contributed by atoms with Crippen LogP contribution in [0.3, 0.4) is 0 Å². The number of carbonyl (C=O) groups excluding carboxylic acids is 2. The van der Waals surface area contributed by atoms with E-state index in [1.807, 2.05) is 36.4 Å². The van der Waals surface area contributed by atoms with Gasteiger partial charge in [0.25, 0.3) is 5.91 Å². The molecule has 23 heavy (non-hydrogen) atoms. The van der Waals surface area contributed by atoms with Gasteiger partial charge in [0.15, 0.2) is 0 Å². The fraction of sp³-hybridized carbons (Fsp3) is 0.368. The zero-order chi connectivity index (χ0) is 15.8. The number of amides is 2. The highest BCUT2D eigenvalue weighted by molar-refractivity contribution is 6.08. The molecule has 4 nitrogen and oxygen atoms in total. The minimum atomic E-state index is -0.103. The third-order valence-electron chi connectivity index (χ3n) is 4.58. The Morgan fingerprint density at radius 2 is 1.70 bits per heavy atom. The van der Waals surface area contributed by atoms with Gasteiger partial charge < -0.3 is 10.6 Å². The van der Waals surface area contributed by atoms with E-state index in [-0.39, 0.29) is 17.7 Å². The summed E-state index contributed by atoms with van der Waals surface area (Å²) in [5, 5.41) is 7.98. The fourth-order valence-electron chi connectivity index (χ4n) is 2.77. The second-order valence-corrected chi connectivity index (χ2v) is 6.66. The minimum absolute atomic E-state index is 0.0246. The van der Waals surface area contributed by atoms with E-state index in [0.29, 0.717) is 17.2 Å². The number of fused-ring (bicyclic) bond motifs is 1. The Morgan fingerprint density at radius 3 is 2.35 bits per heavy atom. The summed E-state index contributed by atoms with van der Waals surface area (Å²) in [4.78, 5) is 24.7. The van der Waals surface area contributed by atoms with Gasteiger partial charge in [-0.2, -0.15) is 0 Å². The van der Waals surface area contributed by atoms with Crippen LogP contribution in [-0.2, 0) is 4.79 Å². The van der Waals surface area contributed by atoms with E-state index in [9.17, 15) is 9.59 Å². The van der Waals surface area contributed by atoms with Crippen molar-refractivity contribution in [3.05, 3.63) is 42.0 Å². The largest absolute Gasteiger partial charge is 0.352 e. The van der Waals surface area contributed by atoms with E-state index in [4.69, 9.17) is 0 Å². The Labute approximate surface area is 135 Å². The van der Waals surface area contributed by atoms with Crippen LogP contribution >= 0.6 is 0 Å². The van der Waals surface area contributed by atoms with Crippen molar-refractivity contribution in [2.75, 3.05) is 11.9 Å². The van der Waals surface area contributed by atoms with Crippen LogP contribution in [0.5, 0.6) is 0 Å². The van der Waals surface area contributed by atoms with Gasteiger partial charge in [-0.15, -0.1) is 0 Å². The highest BCUT2D eigenvalue weighted by atomic mass is 16.2. The highest BCUT2D eigenvalue weighted by Crippen LogP contribution is 2.32. The van der Waals surface area contributed by atoms with Gasteiger partial charge in [-0.05, 0) is 54.5 Å². The first kappa shape index (κ1) is 14.2. The summed E-state index contributed by atoms with van der Waals surface area (Å²) in [6, 6.07) is 11.7. The monoisotopic (exact) mass is 308 g/mol. The molecule has 0 atom stereocenters. The molecule has 0 aromatic heterocycles. The molecule has 118 valence electrons. The molecule has 2 aliphatic rings. The SMILES string of the molecule is O=C(NCC1CC1)c1cc2ccccc2cc1NC(=O)C1CC1. The lowest BCUT2D eigenvalue weighted by molar-refractivity contribution is -0.117. The van der Waals surface area contributed by atoms with Crippen LogP contribution in [-0.4, -0.2) is 18.4 Å². The van der Waals surface area contributed by atoms with Gasteiger partial charge in [-0.1, -0.05) is 24.3 Å². The summed E-state index contributed by atoms with van der Waals surface area (Å²) < 4.78 is 0. The lowest BCUT2D eigenvalue weighted by atomic mass is 10.0. The molecule has 2 N–H and O–H groups in total. The van der Waals surface area contributed by atoms with Crippen molar-refractivity contribution in [1.29, 1.82) is 0 Å². The van der Waals surface area contributed by atoms with Crippen LogP contribution in [0.4, 0.5) is 5.69 Å². The van der Waals surface area contributed by atoms with Crippen molar-refractivity contribution < 1.29 is 9.59 Å². The smallest absolute Gasteiger partial charge is 0.253 e. The molecule has 0 radical (unpaired) electrons. The number of hydrogen-bond donors (Lipinski definition) is 2. The van der Waals surface area contributed by atoms with Crippen LogP contribution in [0.1, 0.15) is 36.0 Å². The summed E-state index contributed by atoms with van der Waals surface area (Å²) in [5.41, 5.74) is 1.17. The van der Waals surface area contributed by atoms with Crippen molar-refractivity contribution >= 4 is 28.3 Å². The quantitative estimate of drug-likeness (QED) is 0.890. The summed E-state index contributed by atoms with van der Waals surface area (Å²) in [6.45, 7) is 0.724. The number of nitrogens with one attached hydrogen (secondary N) is 2. The molecule has 4 heteroatoms. The molecule has 0 spiro atoms. The number of hydrogen-bond acceptors (Lipinski definition) is 2. The molecule has 2 aliphatic carbocycles. The van der Waals surface area contributed by atoms with Gasteiger partial charge in [0, 0.05) is 12.5 Å². The molecule has 0 unspecified atom stereocenters. The Bertz CT molecular complexity index is 776. The number of anilines is 1. The van der Waals surface area contributed by atoms with Gasteiger partial charge in [-0.25, -0.2) is 0 Å². The Hall–Kier alpha value is -2.36. The van der Waals surface area contributed by atoms with E-state index in [1.165, 1.54) is 12.8 Å². The number of benzene rings is 2. The number of rotatable bonds is 5. The van der Waals surface area contributed by atoms with Crippen LogP contribution in [0, 0.1) is 11.8 Å². The molecular weight excluding hydrogens is 288 g/mol. The maximum Gasteiger partial charge on any atom is 0.253 e. The molecule has 0 saturated heterocycles. The van der Waals surface area contributed by atoms with Gasteiger partial charge in [0.2, 0.25) is 5.91 Å². The predicted molar refractivity (Wildman–Crippen MR) is 90.4 cm³/mol. The van der Waals surface area contributed by atoms with E-state index in [0.717, 1.165) is 30.2 Å². The molecule has 2 fully saturated rings. The van der Waals surface area contributed by atoms with Crippen LogP contribution < -0.4 is 10.6 Å². The Kier molecular flexibility index (Phi) is 3.52. The Balaban J connectivity index is 1.65. The molecule has 4 rings (SSSR count). The Morgan fingerprint density at radius 1 is 1.00 bits per heavy atom. The van der Waals surface area contributed by atoms with Crippen LogP contribution in [0.25, 0.3) is 10.8 Å². The van der Waals surface area contributed by atoms with Crippen molar-refractivity contribution in [2.24, 2.45) is 11.8 Å². The molecule has 2 aromatic rings. The van der Waals surface area contributed by atoms with Crippen molar-refractivity contribution in [3.63, 3.8) is 0 Å². The molecule has 0 heterocycles. The van der Waals surface area contributed by atoms with Crippen molar-refractivity contribution in [3.8, 4) is 0 Å². The predicted octanol–water partition coefficient (Wildman–Crippen LogP) is 3.33. The summed E-state index contributed by atoms with van der Waals surface area (Å²) in [5.74, 6) is 0.665. The van der Waals surface area contributed by atoms with Gasteiger partial charge in [0.1, 0.15) is 0 Å². The first-order chi connectivity index (χ1) is 11.2. The second kappa shape index (κ2) is 5.69. The third kappa shape index (κ3) is 3.21. The van der Waals surface area contributed by atoms with E-state index in [1.54, 1.807) is 0 Å². The average Bonchev–Trinajstić information content (AvgIpc) is 3.45. The first-order valence-corrected chi connectivity index (χ1v) is 8.32. The standard InChI is InChI=1S/C19H20N2O2/c22-18(13-7-8-13)21-17-10-15-4-2-1-3-14(15)9-16(17)19(23)20-11-12-5-6-12/h1-4,9-10,12-13H,5-8,11H2,(H,20,23)(H,21,22). The third-order valence-corrected chi connectivity index (χ3v) is 4.58. The molecule has 0 bridgehead atoms. The van der Waals surface area contributed by atoms with E-state index in [2.05, 4.69) is 10.6 Å². The zero-order valence-corrected chi connectivity index (χ0v) is 13.0. The maximum atomic E-state index is 12.5. The number of carbonyl (C=O) groups is 2. The fourth-order valence-corrected chi connectivity index (χ4v) is 2.77. The van der Waals surface area contributed by atoms with Gasteiger partial charge >= 0.3 is 0 Å². The summed E-state index contributed by atoms with van der Waals surface area (Å²) in [6.07, 6.45) is 4.29. The van der Waals surface area contributed by atoms with Crippen LogP contribution in [0.15, 0.2) is 36.4 Å². The zero-order valence-electron chi connectivity index (χ0n) is 13.0. The molecule has 2 aromatic carbocycles. The molecule has 2 saturated carbocycles. The average molecular weight is 308 g/mol. The normalized spacial score (nSPS) is 17.0. The first-order valence-electron chi connectivity index (χ1n) is 8.32. The lowest BCUT2D eigenvalue weighted by Gasteiger charge is -2.13. The second-order valence-electron chi connectivity index (χ2n) is 6.66. The topological polar surface area (TPSA) is 58.2 Å². The van der Waals surface area contributed by atoms with Crippen molar-refractivity contribution in [1.82, 2.24) is 5.32 Å². The van der Waals surface area contributed by atoms with E-state index < -0.39 is 0 Å². The summed E-state index contributed by atoms with van der Waals surface area (Å²) >= 11 is 0. The lowest BCUT2D eigenvalue weighted by Crippen LogP contribution is -2.27. The maximum absolute atomic E-state index is 12.5. The summed E-state index contributed by atoms with van der Waals surface area (Å²) in [7, 11) is 0. The van der Waals surface area contributed by atoms with Gasteiger partial charge in [-0.3, -0.25) is 9.59 Å². The highest BCUT2D eigenvalue weighted by Gasteiger charge is 2.30. The van der Waals surface area contributed by atoms with Gasteiger partial charge in [0.05, 0.1) is 11.3 Å². The molecule has 0 aliphatic heterocycles. The van der Waals surface area contributed by atoms with Crippen LogP contribution in [0.2, 0.25) is 0 Å². The van der Waals surface area contributed by atoms with Crippen molar-refractivity contribution in [2.45, 2.75) is 25.7 Å².